The van der Waals surface area contributed by atoms with Gasteiger partial charge in [-0.1, -0.05) is 82.7 Å². The number of hydrogen-bond acceptors (Lipinski definition) is 3. The Kier molecular flexibility index (Phi) is 5.49. The molecule has 3 aromatic rings. The lowest BCUT2D eigenvalue weighted by Gasteiger charge is -2.21. The Hall–Kier alpha value is -2.92. The molecule has 0 saturated heterocycles. The van der Waals surface area contributed by atoms with Crippen LogP contribution in [0, 0.1) is 0 Å². The average molecular weight is 450 g/mol. The Balaban J connectivity index is 1.64. The molecule has 4 nitrogen and oxygen atoms in total. The molecule has 5 heteroatoms. The predicted octanol–water partition coefficient (Wildman–Crippen LogP) is 4.46. The molecule has 0 unspecified atom stereocenters. The van der Waals surface area contributed by atoms with Gasteiger partial charge in [0.25, 0.3) is 0 Å². The fourth-order valence-electron chi connectivity index (χ4n) is 3.91. The van der Waals surface area contributed by atoms with Gasteiger partial charge in [0.15, 0.2) is 0 Å². The minimum absolute atomic E-state index is 0.204. The van der Waals surface area contributed by atoms with Crippen LogP contribution >= 0.6 is 15.9 Å². The molecule has 1 aliphatic rings. The number of amides is 1. The zero-order valence-corrected chi connectivity index (χ0v) is 17.5. The molecule has 0 saturated carbocycles. The SMILES string of the molecule is COC(=O)[C@H](Cc1ccccc1Br)NC(=O)C1c2ccccc2-c2ccccc21. The normalized spacial score (nSPS) is 13.3. The van der Waals surface area contributed by atoms with Crippen molar-refractivity contribution in [2.75, 3.05) is 7.11 Å². The smallest absolute Gasteiger partial charge is 0.328 e. The highest BCUT2D eigenvalue weighted by Gasteiger charge is 2.35. The van der Waals surface area contributed by atoms with Crippen LogP contribution in [0.3, 0.4) is 0 Å². The fraction of sp³-hybridized carbons (Fsp3) is 0.167. The number of ether oxygens (including phenoxy) is 1. The van der Waals surface area contributed by atoms with E-state index in [-0.39, 0.29) is 5.91 Å². The number of halogens is 1. The molecular weight excluding hydrogens is 430 g/mol. The first kappa shape index (κ1) is 19.4. The Morgan fingerprint density at radius 1 is 0.931 bits per heavy atom. The molecule has 0 heterocycles. The maximum atomic E-state index is 13.3. The van der Waals surface area contributed by atoms with Gasteiger partial charge in [-0.05, 0) is 33.9 Å². The van der Waals surface area contributed by atoms with Crippen LogP contribution in [-0.4, -0.2) is 25.0 Å². The van der Waals surface area contributed by atoms with Crippen LogP contribution in [0.2, 0.25) is 0 Å². The Labute approximate surface area is 178 Å². The largest absolute Gasteiger partial charge is 0.467 e. The highest BCUT2D eigenvalue weighted by atomic mass is 79.9. The Morgan fingerprint density at radius 3 is 2.07 bits per heavy atom. The van der Waals surface area contributed by atoms with E-state index >= 15 is 0 Å². The Morgan fingerprint density at radius 2 is 1.48 bits per heavy atom. The van der Waals surface area contributed by atoms with Crippen LogP contribution in [0.4, 0.5) is 0 Å². The topological polar surface area (TPSA) is 55.4 Å². The van der Waals surface area contributed by atoms with Crippen molar-refractivity contribution in [1.29, 1.82) is 0 Å². The van der Waals surface area contributed by atoms with Gasteiger partial charge in [-0.25, -0.2) is 4.79 Å². The van der Waals surface area contributed by atoms with Gasteiger partial charge in [0.1, 0.15) is 6.04 Å². The summed E-state index contributed by atoms with van der Waals surface area (Å²) in [5, 5.41) is 2.93. The maximum absolute atomic E-state index is 13.3. The third-order valence-electron chi connectivity index (χ3n) is 5.28. The fourth-order valence-corrected chi connectivity index (χ4v) is 4.36. The van der Waals surface area contributed by atoms with Gasteiger partial charge in [0, 0.05) is 10.9 Å². The van der Waals surface area contributed by atoms with Gasteiger partial charge >= 0.3 is 5.97 Å². The second kappa shape index (κ2) is 8.21. The van der Waals surface area contributed by atoms with Crippen LogP contribution in [0.25, 0.3) is 11.1 Å². The van der Waals surface area contributed by atoms with E-state index in [0.29, 0.717) is 6.42 Å². The van der Waals surface area contributed by atoms with Crippen molar-refractivity contribution in [2.24, 2.45) is 0 Å². The van der Waals surface area contributed by atoms with Gasteiger partial charge in [-0.3, -0.25) is 4.79 Å². The summed E-state index contributed by atoms with van der Waals surface area (Å²) in [4.78, 5) is 25.8. The molecule has 0 aromatic heterocycles. The van der Waals surface area contributed by atoms with E-state index in [1.165, 1.54) is 7.11 Å². The predicted molar refractivity (Wildman–Crippen MR) is 116 cm³/mol. The first-order chi connectivity index (χ1) is 14.1. The van der Waals surface area contributed by atoms with Crippen molar-refractivity contribution >= 4 is 27.8 Å². The quantitative estimate of drug-likeness (QED) is 0.584. The van der Waals surface area contributed by atoms with Crippen molar-refractivity contribution in [1.82, 2.24) is 5.32 Å². The first-order valence-corrected chi connectivity index (χ1v) is 10.2. The minimum Gasteiger partial charge on any atom is -0.467 e. The van der Waals surface area contributed by atoms with E-state index in [1.807, 2.05) is 72.8 Å². The Bertz CT molecular complexity index is 1030. The summed E-state index contributed by atoms with van der Waals surface area (Å²) < 4.78 is 5.85. The minimum atomic E-state index is -0.772. The molecule has 1 N–H and O–H groups in total. The van der Waals surface area contributed by atoms with Crippen molar-refractivity contribution in [3.63, 3.8) is 0 Å². The van der Waals surface area contributed by atoms with Crippen LogP contribution in [-0.2, 0) is 20.7 Å². The number of fused-ring (bicyclic) bond motifs is 3. The lowest BCUT2D eigenvalue weighted by molar-refractivity contribution is -0.145. The highest BCUT2D eigenvalue weighted by Crippen LogP contribution is 2.44. The molecule has 1 amide bonds. The highest BCUT2D eigenvalue weighted by molar-refractivity contribution is 9.10. The number of carbonyl (C=O) groups is 2. The summed E-state index contributed by atoms with van der Waals surface area (Å²) >= 11 is 3.51. The number of carbonyl (C=O) groups excluding carboxylic acids is 2. The monoisotopic (exact) mass is 449 g/mol. The molecule has 3 aromatic carbocycles. The van der Waals surface area contributed by atoms with E-state index < -0.39 is 17.9 Å². The molecule has 1 aliphatic carbocycles. The number of hydrogen-bond donors (Lipinski definition) is 1. The zero-order chi connectivity index (χ0) is 20.4. The summed E-state index contributed by atoms with van der Waals surface area (Å²) in [7, 11) is 1.34. The molecule has 1 atom stereocenters. The third kappa shape index (κ3) is 3.70. The lowest BCUT2D eigenvalue weighted by atomic mass is 9.95. The summed E-state index contributed by atoms with van der Waals surface area (Å²) in [6, 6.07) is 22.7. The summed E-state index contributed by atoms with van der Waals surface area (Å²) in [6.45, 7) is 0. The second-order valence-corrected chi connectivity index (χ2v) is 7.84. The first-order valence-electron chi connectivity index (χ1n) is 9.40. The summed E-state index contributed by atoms with van der Waals surface area (Å²) in [5.74, 6) is -1.12. The van der Waals surface area contributed by atoms with Crippen LogP contribution in [0.1, 0.15) is 22.6 Å². The van der Waals surface area contributed by atoms with Crippen LogP contribution in [0.15, 0.2) is 77.3 Å². The van der Waals surface area contributed by atoms with E-state index in [1.54, 1.807) is 0 Å². The van der Waals surface area contributed by atoms with E-state index in [0.717, 1.165) is 32.3 Å². The van der Waals surface area contributed by atoms with Gasteiger partial charge in [-0.15, -0.1) is 0 Å². The molecular formula is C24H20BrNO3. The molecule has 0 bridgehead atoms. The maximum Gasteiger partial charge on any atom is 0.328 e. The standard InChI is InChI=1S/C24H20BrNO3/c1-29-24(28)21(14-15-8-2-7-13-20(15)25)26-23(27)22-18-11-5-3-9-16(18)17-10-4-6-12-19(17)22/h2-13,21-22H,14H2,1H3,(H,26,27)/t21-/m0/s1. The molecule has 0 spiro atoms. The molecule has 0 fully saturated rings. The van der Waals surface area contributed by atoms with Crippen LogP contribution in [0.5, 0.6) is 0 Å². The molecule has 146 valence electrons. The van der Waals surface area contributed by atoms with Gasteiger partial charge in [0.2, 0.25) is 5.91 Å². The lowest BCUT2D eigenvalue weighted by Crippen LogP contribution is -2.45. The van der Waals surface area contributed by atoms with Crippen molar-refractivity contribution in [3.8, 4) is 11.1 Å². The molecule has 0 radical (unpaired) electrons. The van der Waals surface area contributed by atoms with Crippen molar-refractivity contribution in [3.05, 3.63) is 94.0 Å². The van der Waals surface area contributed by atoms with E-state index in [2.05, 4.69) is 21.2 Å². The van der Waals surface area contributed by atoms with Crippen molar-refractivity contribution in [2.45, 2.75) is 18.4 Å². The molecule has 0 aliphatic heterocycles. The number of esters is 1. The van der Waals surface area contributed by atoms with Gasteiger partial charge in [-0.2, -0.15) is 0 Å². The number of rotatable bonds is 5. The number of nitrogens with one attached hydrogen (secondary N) is 1. The zero-order valence-electron chi connectivity index (χ0n) is 15.9. The van der Waals surface area contributed by atoms with Crippen molar-refractivity contribution < 1.29 is 14.3 Å². The molecule has 4 rings (SSSR count). The van der Waals surface area contributed by atoms with Gasteiger partial charge < -0.3 is 10.1 Å². The summed E-state index contributed by atoms with van der Waals surface area (Å²) in [5.41, 5.74) is 4.95. The van der Waals surface area contributed by atoms with E-state index in [9.17, 15) is 9.59 Å². The number of benzene rings is 3. The number of methoxy groups -OCH3 is 1. The van der Waals surface area contributed by atoms with E-state index in [4.69, 9.17) is 4.74 Å². The third-order valence-corrected chi connectivity index (χ3v) is 6.05. The average Bonchev–Trinajstić information content (AvgIpc) is 3.09. The second-order valence-electron chi connectivity index (χ2n) is 6.99. The van der Waals surface area contributed by atoms with Gasteiger partial charge in [0.05, 0.1) is 13.0 Å². The van der Waals surface area contributed by atoms with Crippen LogP contribution < -0.4 is 5.32 Å². The summed E-state index contributed by atoms with van der Waals surface area (Å²) in [6.07, 6.45) is 0.343. The molecule has 29 heavy (non-hydrogen) atoms.